The second kappa shape index (κ2) is 5.07. The lowest BCUT2D eigenvalue weighted by molar-refractivity contribution is 0.190. The molecule has 0 aromatic heterocycles. The van der Waals surface area contributed by atoms with E-state index in [4.69, 9.17) is 10.00 Å². The van der Waals surface area contributed by atoms with Crippen LogP contribution in [0.3, 0.4) is 0 Å². The molecule has 0 radical (unpaired) electrons. The molecule has 0 saturated heterocycles. The molecular weight excluding hydrogens is 114 g/mol. The molecule has 0 N–H and O–H groups in total. The van der Waals surface area contributed by atoms with Crippen molar-refractivity contribution >= 4 is 0 Å². The van der Waals surface area contributed by atoms with Gasteiger partial charge in [0, 0.05) is 5.57 Å². The molecule has 0 heterocycles. The summed E-state index contributed by atoms with van der Waals surface area (Å²) in [4.78, 5) is 0. The second-order valence-corrected chi connectivity index (χ2v) is 1.52. The first-order chi connectivity index (χ1) is 4.31. The molecular formula is C7H9NO. The maximum atomic E-state index is 8.18. The van der Waals surface area contributed by atoms with Crippen molar-refractivity contribution in [2.45, 2.75) is 0 Å². The van der Waals surface area contributed by atoms with Gasteiger partial charge in [0.1, 0.15) is 0 Å². The summed E-state index contributed by atoms with van der Waals surface area (Å²) in [6.07, 6.45) is 1.63. The molecule has 0 amide bonds. The first-order valence-electron chi connectivity index (χ1n) is 2.57. The average Bonchev–Trinajstić information content (AvgIpc) is 1.89. The summed E-state index contributed by atoms with van der Waals surface area (Å²) in [6.45, 7) is 7.65. The summed E-state index contributed by atoms with van der Waals surface area (Å²) in [5.41, 5.74) is 0.442. The molecule has 0 spiro atoms. The third kappa shape index (κ3) is 4.79. The molecule has 2 heteroatoms. The molecule has 0 aliphatic heterocycles. The van der Waals surface area contributed by atoms with Crippen LogP contribution >= 0.6 is 0 Å². The molecule has 0 unspecified atom stereocenters. The molecule has 0 rings (SSSR count). The molecule has 0 fully saturated rings. The van der Waals surface area contributed by atoms with E-state index in [0.29, 0.717) is 18.8 Å². The van der Waals surface area contributed by atoms with Crippen LogP contribution in [0.5, 0.6) is 0 Å². The smallest absolute Gasteiger partial charge is 0.0965 e. The molecule has 48 valence electrons. The quantitative estimate of drug-likeness (QED) is 0.320. The van der Waals surface area contributed by atoms with Crippen LogP contribution in [0.1, 0.15) is 0 Å². The van der Waals surface area contributed by atoms with Gasteiger partial charge in [-0.2, -0.15) is 5.26 Å². The van der Waals surface area contributed by atoms with Crippen LogP contribution < -0.4 is 0 Å². The zero-order valence-electron chi connectivity index (χ0n) is 5.26. The SMILES string of the molecule is C=CCOCC(=C)C#N. The number of nitriles is 1. The molecule has 0 atom stereocenters. The van der Waals surface area contributed by atoms with Gasteiger partial charge >= 0.3 is 0 Å². The van der Waals surface area contributed by atoms with Gasteiger partial charge in [-0.3, -0.25) is 0 Å². The number of hydrogen-bond acceptors (Lipinski definition) is 2. The maximum absolute atomic E-state index is 8.18. The first kappa shape index (κ1) is 7.93. The Morgan fingerprint density at radius 3 is 2.89 bits per heavy atom. The van der Waals surface area contributed by atoms with Crippen molar-refractivity contribution in [3.05, 3.63) is 24.8 Å². The van der Waals surface area contributed by atoms with Gasteiger partial charge in [0.2, 0.25) is 0 Å². The minimum Gasteiger partial charge on any atom is -0.372 e. The van der Waals surface area contributed by atoms with Gasteiger partial charge in [0.25, 0.3) is 0 Å². The van der Waals surface area contributed by atoms with Gasteiger partial charge in [0.15, 0.2) is 0 Å². The minimum atomic E-state index is 0.308. The first-order valence-corrected chi connectivity index (χ1v) is 2.57. The minimum absolute atomic E-state index is 0.308. The Morgan fingerprint density at radius 2 is 2.44 bits per heavy atom. The lowest BCUT2D eigenvalue weighted by Crippen LogP contribution is -1.94. The number of nitrogens with zero attached hydrogens (tertiary/aromatic N) is 1. The normalized spacial score (nSPS) is 7.89. The third-order valence-electron chi connectivity index (χ3n) is 0.670. The van der Waals surface area contributed by atoms with E-state index in [1.807, 2.05) is 6.07 Å². The van der Waals surface area contributed by atoms with Gasteiger partial charge in [-0.25, -0.2) is 0 Å². The lowest BCUT2D eigenvalue weighted by atomic mass is 10.4. The van der Waals surface area contributed by atoms with Crippen molar-refractivity contribution in [3.63, 3.8) is 0 Å². The molecule has 0 aromatic carbocycles. The van der Waals surface area contributed by atoms with E-state index in [2.05, 4.69) is 13.2 Å². The van der Waals surface area contributed by atoms with Crippen molar-refractivity contribution in [1.82, 2.24) is 0 Å². The summed E-state index contributed by atoms with van der Waals surface area (Å²) in [5.74, 6) is 0. The van der Waals surface area contributed by atoms with Crippen molar-refractivity contribution in [3.8, 4) is 6.07 Å². The Balaban J connectivity index is 3.19. The van der Waals surface area contributed by atoms with Gasteiger partial charge in [-0.15, -0.1) is 6.58 Å². The summed E-state index contributed by atoms with van der Waals surface area (Å²) < 4.78 is 4.90. The molecule has 0 aliphatic rings. The fourth-order valence-corrected chi connectivity index (χ4v) is 0.298. The highest BCUT2D eigenvalue weighted by molar-refractivity contribution is 5.15. The van der Waals surface area contributed by atoms with Gasteiger partial charge in [-0.1, -0.05) is 12.7 Å². The predicted molar refractivity (Wildman–Crippen MR) is 35.8 cm³/mol. The van der Waals surface area contributed by atoms with E-state index in [0.717, 1.165) is 0 Å². The molecule has 9 heavy (non-hydrogen) atoms. The standard InChI is InChI=1S/C7H9NO/c1-3-4-9-6-7(2)5-8/h3H,1-2,4,6H2. The Kier molecular flexibility index (Phi) is 4.47. The average molecular weight is 123 g/mol. The Morgan fingerprint density at radius 1 is 1.78 bits per heavy atom. The maximum Gasteiger partial charge on any atom is 0.0965 e. The van der Waals surface area contributed by atoms with Crippen molar-refractivity contribution in [2.75, 3.05) is 13.2 Å². The van der Waals surface area contributed by atoms with Crippen LogP contribution in [0.15, 0.2) is 24.8 Å². The topological polar surface area (TPSA) is 33.0 Å². The van der Waals surface area contributed by atoms with E-state index in [1.165, 1.54) is 0 Å². The van der Waals surface area contributed by atoms with Crippen LogP contribution in [-0.4, -0.2) is 13.2 Å². The summed E-state index contributed by atoms with van der Waals surface area (Å²) in [7, 11) is 0. The monoisotopic (exact) mass is 123 g/mol. The van der Waals surface area contributed by atoms with Crippen LogP contribution in [0.4, 0.5) is 0 Å². The van der Waals surface area contributed by atoms with Crippen molar-refractivity contribution < 1.29 is 4.74 Å². The number of hydrogen-bond donors (Lipinski definition) is 0. The third-order valence-corrected chi connectivity index (χ3v) is 0.670. The summed E-state index contributed by atoms with van der Waals surface area (Å²) in [5, 5.41) is 8.18. The fraction of sp³-hybridized carbons (Fsp3) is 0.286. The van der Waals surface area contributed by atoms with Crippen molar-refractivity contribution in [2.24, 2.45) is 0 Å². The van der Waals surface area contributed by atoms with E-state index < -0.39 is 0 Å². The number of ether oxygens (including phenoxy) is 1. The lowest BCUT2D eigenvalue weighted by Gasteiger charge is -1.94. The fourth-order valence-electron chi connectivity index (χ4n) is 0.298. The van der Waals surface area contributed by atoms with Gasteiger partial charge in [0.05, 0.1) is 19.3 Å². The van der Waals surface area contributed by atoms with Crippen LogP contribution in [0.25, 0.3) is 0 Å². The van der Waals surface area contributed by atoms with Crippen molar-refractivity contribution in [1.29, 1.82) is 5.26 Å². The highest BCUT2D eigenvalue weighted by Gasteiger charge is 1.87. The largest absolute Gasteiger partial charge is 0.372 e. The molecule has 0 aliphatic carbocycles. The van der Waals surface area contributed by atoms with Crippen LogP contribution in [-0.2, 0) is 4.74 Å². The van der Waals surface area contributed by atoms with E-state index >= 15 is 0 Å². The predicted octanol–water partition coefficient (Wildman–Crippen LogP) is 1.27. The molecule has 0 saturated carbocycles. The summed E-state index contributed by atoms with van der Waals surface area (Å²) >= 11 is 0. The molecule has 2 nitrogen and oxygen atoms in total. The Labute approximate surface area is 55.1 Å². The van der Waals surface area contributed by atoms with Crippen LogP contribution in [0.2, 0.25) is 0 Å². The van der Waals surface area contributed by atoms with E-state index in [-0.39, 0.29) is 0 Å². The highest BCUT2D eigenvalue weighted by Crippen LogP contribution is 1.86. The molecule has 0 aromatic rings. The van der Waals surface area contributed by atoms with E-state index in [9.17, 15) is 0 Å². The summed E-state index contributed by atoms with van der Waals surface area (Å²) in [6, 6.07) is 1.87. The highest BCUT2D eigenvalue weighted by atomic mass is 16.5. The Hall–Kier alpha value is -1.07. The number of rotatable bonds is 4. The van der Waals surface area contributed by atoms with Gasteiger partial charge < -0.3 is 4.74 Å². The van der Waals surface area contributed by atoms with Gasteiger partial charge in [-0.05, 0) is 0 Å². The Bertz CT molecular complexity index is 143. The zero-order valence-corrected chi connectivity index (χ0v) is 5.26. The zero-order chi connectivity index (χ0) is 7.11. The molecule has 0 bridgehead atoms. The van der Waals surface area contributed by atoms with Crippen LogP contribution in [0, 0.1) is 11.3 Å². The van der Waals surface area contributed by atoms with E-state index in [1.54, 1.807) is 6.08 Å². The second-order valence-electron chi connectivity index (χ2n) is 1.52.